The average Bonchev–Trinajstić information content (AvgIpc) is 3.22. The zero-order valence-corrected chi connectivity index (χ0v) is 38.3. The Morgan fingerprint density at radius 3 is 1.26 bits per heavy atom. The lowest BCUT2D eigenvalue weighted by Crippen LogP contribution is -2.30. The number of esters is 2. The van der Waals surface area contributed by atoms with Gasteiger partial charge in [0, 0.05) is 12.8 Å². The van der Waals surface area contributed by atoms with Crippen molar-refractivity contribution in [2.45, 2.75) is 232 Å². The Balaban J connectivity index is 4.39. The van der Waals surface area contributed by atoms with Crippen molar-refractivity contribution in [2.24, 2.45) is 0 Å². The molecule has 0 N–H and O–H groups in total. The molecule has 0 spiro atoms. The molecular weight excluding hydrogens is 717 g/mol. The molecule has 0 aliphatic rings. The Morgan fingerprint density at radius 1 is 0.397 bits per heavy atom. The summed E-state index contributed by atoms with van der Waals surface area (Å²) >= 11 is 0. The zero-order valence-electron chi connectivity index (χ0n) is 38.3. The lowest BCUT2D eigenvalue weighted by atomic mass is 10.0. The van der Waals surface area contributed by atoms with Gasteiger partial charge in [-0.3, -0.25) is 9.59 Å². The highest BCUT2D eigenvalue weighted by molar-refractivity contribution is 5.70. The third kappa shape index (κ3) is 46.0. The van der Waals surface area contributed by atoms with Crippen molar-refractivity contribution in [2.75, 3.05) is 19.8 Å². The minimum Gasteiger partial charge on any atom is -0.462 e. The van der Waals surface area contributed by atoms with Crippen molar-refractivity contribution in [3.05, 3.63) is 72.9 Å². The topological polar surface area (TPSA) is 61.8 Å². The summed E-state index contributed by atoms with van der Waals surface area (Å²) in [4.78, 5) is 25.3. The quantitative estimate of drug-likeness (QED) is 0.0348. The number of hydrogen-bond donors (Lipinski definition) is 0. The van der Waals surface area contributed by atoms with Crippen molar-refractivity contribution in [1.82, 2.24) is 0 Å². The number of unbranched alkanes of at least 4 members (excludes halogenated alkanes) is 21. The van der Waals surface area contributed by atoms with Gasteiger partial charge in [-0.25, -0.2) is 0 Å². The van der Waals surface area contributed by atoms with E-state index in [0.717, 1.165) is 77.0 Å². The summed E-state index contributed by atoms with van der Waals surface area (Å²) in [5.41, 5.74) is 0. The molecule has 334 valence electrons. The van der Waals surface area contributed by atoms with Gasteiger partial charge in [-0.05, 0) is 77.0 Å². The van der Waals surface area contributed by atoms with Gasteiger partial charge in [0.25, 0.3) is 0 Å². The summed E-state index contributed by atoms with van der Waals surface area (Å²) in [5, 5.41) is 0. The van der Waals surface area contributed by atoms with Crippen LogP contribution in [0.2, 0.25) is 0 Å². The van der Waals surface area contributed by atoms with Crippen molar-refractivity contribution < 1.29 is 23.8 Å². The van der Waals surface area contributed by atoms with Gasteiger partial charge in [0.05, 0.1) is 13.2 Å². The number of carbonyl (C=O) groups is 2. The highest BCUT2D eigenvalue weighted by Gasteiger charge is 2.17. The molecule has 1 atom stereocenters. The van der Waals surface area contributed by atoms with Crippen molar-refractivity contribution in [3.8, 4) is 0 Å². The minimum atomic E-state index is -0.577. The van der Waals surface area contributed by atoms with Crippen LogP contribution in [0.15, 0.2) is 72.9 Å². The second kappa shape index (κ2) is 48.7. The largest absolute Gasteiger partial charge is 0.462 e. The second-order valence-corrected chi connectivity index (χ2v) is 16.0. The molecule has 0 rings (SSSR count). The highest BCUT2D eigenvalue weighted by atomic mass is 16.6. The fourth-order valence-electron chi connectivity index (χ4n) is 6.63. The Labute approximate surface area is 359 Å². The molecule has 0 amide bonds. The molecule has 5 nitrogen and oxygen atoms in total. The van der Waals surface area contributed by atoms with E-state index in [2.05, 4.69) is 93.7 Å². The molecule has 1 unspecified atom stereocenters. The van der Waals surface area contributed by atoms with E-state index in [0.29, 0.717) is 19.4 Å². The minimum absolute atomic E-state index is 0.0512. The first-order valence-corrected chi connectivity index (χ1v) is 24.5. The predicted molar refractivity (Wildman–Crippen MR) is 251 cm³/mol. The van der Waals surface area contributed by atoms with Gasteiger partial charge in [0.15, 0.2) is 6.10 Å². The molecule has 0 aliphatic heterocycles. The van der Waals surface area contributed by atoms with E-state index in [4.69, 9.17) is 14.2 Å². The van der Waals surface area contributed by atoms with Gasteiger partial charge in [0.2, 0.25) is 0 Å². The van der Waals surface area contributed by atoms with Gasteiger partial charge in [-0.15, -0.1) is 0 Å². The number of rotatable bonds is 44. The summed E-state index contributed by atoms with van der Waals surface area (Å²) in [6.45, 7) is 7.49. The Hall–Kier alpha value is -2.66. The third-order valence-electron chi connectivity index (χ3n) is 10.2. The molecule has 0 aromatic rings. The summed E-state index contributed by atoms with van der Waals surface area (Å²) < 4.78 is 17.3. The molecule has 58 heavy (non-hydrogen) atoms. The molecule has 0 bridgehead atoms. The van der Waals surface area contributed by atoms with E-state index in [-0.39, 0.29) is 25.2 Å². The van der Waals surface area contributed by atoms with Crippen molar-refractivity contribution in [1.29, 1.82) is 0 Å². The number of allylic oxidation sites excluding steroid dienone is 11. The molecule has 5 heteroatoms. The molecule has 0 saturated heterocycles. The van der Waals surface area contributed by atoms with Gasteiger partial charge in [-0.2, -0.15) is 0 Å². The first kappa shape index (κ1) is 55.3. The van der Waals surface area contributed by atoms with Crippen molar-refractivity contribution >= 4 is 11.9 Å². The number of hydrogen-bond acceptors (Lipinski definition) is 5. The van der Waals surface area contributed by atoms with E-state index < -0.39 is 6.10 Å². The molecule has 0 heterocycles. The van der Waals surface area contributed by atoms with E-state index in [1.165, 1.54) is 116 Å². The van der Waals surface area contributed by atoms with Gasteiger partial charge in [0.1, 0.15) is 6.61 Å². The SMILES string of the molecule is CC/C=C\C/C=C\C/C=C\C/C=C\C/C=C\CCOCC(COC(=O)CCCCCCC/C=C\CCCCCC)OC(=O)CCCCCCCCCCCCCCC. The first-order valence-electron chi connectivity index (χ1n) is 24.5. The molecule has 0 aliphatic carbocycles. The van der Waals surface area contributed by atoms with E-state index in [1.807, 2.05) is 0 Å². The van der Waals surface area contributed by atoms with E-state index >= 15 is 0 Å². The lowest BCUT2D eigenvalue weighted by Gasteiger charge is -2.18. The van der Waals surface area contributed by atoms with Crippen molar-refractivity contribution in [3.63, 3.8) is 0 Å². The maximum atomic E-state index is 12.8. The van der Waals surface area contributed by atoms with Gasteiger partial charge >= 0.3 is 11.9 Å². The summed E-state index contributed by atoms with van der Waals surface area (Å²) in [6, 6.07) is 0. The van der Waals surface area contributed by atoms with Crippen LogP contribution in [0.25, 0.3) is 0 Å². The fraction of sp³-hybridized carbons (Fsp3) is 0.736. The van der Waals surface area contributed by atoms with Crippen LogP contribution >= 0.6 is 0 Å². The molecular formula is C53H92O5. The highest BCUT2D eigenvalue weighted by Crippen LogP contribution is 2.14. The zero-order chi connectivity index (χ0) is 42.1. The first-order chi connectivity index (χ1) is 28.6. The van der Waals surface area contributed by atoms with Crippen LogP contribution in [-0.2, 0) is 23.8 Å². The summed E-state index contributed by atoms with van der Waals surface area (Å²) in [5.74, 6) is -0.445. The molecule has 0 aromatic carbocycles. The van der Waals surface area contributed by atoms with Crippen LogP contribution in [-0.4, -0.2) is 37.9 Å². The average molecular weight is 809 g/mol. The van der Waals surface area contributed by atoms with Gasteiger partial charge < -0.3 is 14.2 Å². The third-order valence-corrected chi connectivity index (χ3v) is 10.2. The maximum Gasteiger partial charge on any atom is 0.306 e. The Morgan fingerprint density at radius 2 is 0.776 bits per heavy atom. The molecule has 0 fully saturated rings. The van der Waals surface area contributed by atoms with Crippen LogP contribution in [0.4, 0.5) is 0 Å². The Bertz CT molecular complexity index is 1050. The van der Waals surface area contributed by atoms with E-state index in [1.54, 1.807) is 0 Å². The fourth-order valence-corrected chi connectivity index (χ4v) is 6.63. The summed E-state index contributed by atoms with van der Waals surface area (Å²) in [6.07, 6.45) is 62.1. The number of ether oxygens (including phenoxy) is 3. The predicted octanol–water partition coefficient (Wildman–Crippen LogP) is 16.3. The molecule has 0 saturated carbocycles. The lowest BCUT2D eigenvalue weighted by molar-refractivity contribution is -0.162. The van der Waals surface area contributed by atoms with E-state index in [9.17, 15) is 9.59 Å². The normalized spacial score (nSPS) is 12.8. The smallest absolute Gasteiger partial charge is 0.306 e. The summed E-state index contributed by atoms with van der Waals surface area (Å²) in [7, 11) is 0. The van der Waals surface area contributed by atoms with Crippen LogP contribution in [0.1, 0.15) is 226 Å². The standard InChI is InChI=1S/C53H92O5/c1-4-7-10-13-16-19-22-25-26-27-30-33-36-39-42-45-48-56-49-51(58-53(55)47-44-41-38-35-32-29-24-21-18-15-12-9-6-3)50-57-52(54)46-43-40-37-34-31-28-23-20-17-14-11-8-5-2/h7,10,16,19-20,23,25-26,30,33,39,42,51H,4-6,8-9,11-15,17-18,21-22,24,27-29,31-32,34-38,40-41,43-50H2,1-3H3/b10-7-,19-16-,23-20-,26-25-,33-30-,42-39-. The van der Waals surface area contributed by atoms with Crippen LogP contribution in [0.3, 0.4) is 0 Å². The van der Waals surface area contributed by atoms with Crippen LogP contribution in [0, 0.1) is 0 Å². The van der Waals surface area contributed by atoms with Crippen LogP contribution in [0.5, 0.6) is 0 Å². The number of carbonyl (C=O) groups excluding carboxylic acids is 2. The van der Waals surface area contributed by atoms with Gasteiger partial charge in [-0.1, -0.05) is 209 Å². The maximum absolute atomic E-state index is 12.8. The molecule has 0 aromatic heterocycles. The molecule has 0 radical (unpaired) electrons. The Kier molecular flexibility index (Phi) is 46.5. The second-order valence-electron chi connectivity index (χ2n) is 16.0. The monoisotopic (exact) mass is 809 g/mol. The van der Waals surface area contributed by atoms with Crippen LogP contribution < -0.4 is 0 Å².